The van der Waals surface area contributed by atoms with Crippen molar-refractivity contribution in [2.24, 2.45) is 7.05 Å². The molecule has 2 rings (SSSR count). The van der Waals surface area contributed by atoms with E-state index in [1.807, 2.05) is 6.92 Å². The molecule has 0 unspecified atom stereocenters. The van der Waals surface area contributed by atoms with Gasteiger partial charge < -0.3 is 4.74 Å². The Morgan fingerprint density at radius 2 is 2.29 bits per heavy atom. The number of nitrogens with zero attached hydrogens (tertiary/aromatic N) is 4. The Morgan fingerprint density at radius 3 is 3.00 bits per heavy atom. The molecule has 0 aromatic carbocycles. The molecule has 0 saturated carbocycles. The molecule has 0 aliphatic carbocycles. The first-order valence-electron chi connectivity index (χ1n) is 4.20. The Labute approximate surface area is 85.7 Å². The van der Waals surface area contributed by atoms with Crippen LogP contribution in [0.3, 0.4) is 0 Å². The van der Waals surface area contributed by atoms with Crippen molar-refractivity contribution in [2.45, 2.75) is 6.92 Å². The average Bonchev–Trinajstić information content (AvgIpc) is 2.49. The van der Waals surface area contributed by atoms with Crippen LogP contribution in [-0.2, 0) is 7.05 Å². The van der Waals surface area contributed by atoms with Crippen molar-refractivity contribution in [3.63, 3.8) is 0 Å². The van der Waals surface area contributed by atoms with Crippen LogP contribution in [0.2, 0.25) is 5.28 Å². The fourth-order valence-electron chi connectivity index (χ4n) is 1.22. The van der Waals surface area contributed by atoms with E-state index in [0.717, 1.165) is 5.39 Å². The van der Waals surface area contributed by atoms with E-state index in [0.29, 0.717) is 18.1 Å². The topological polar surface area (TPSA) is 52.8 Å². The number of ether oxygens (including phenoxy) is 1. The third-order valence-electron chi connectivity index (χ3n) is 1.81. The lowest BCUT2D eigenvalue weighted by Crippen LogP contribution is -1.98. The summed E-state index contributed by atoms with van der Waals surface area (Å²) >= 11 is 5.75. The van der Waals surface area contributed by atoms with Crippen LogP contribution in [0.15, 0.2) is 6.20 Å². The van der Waals surface area contributed by atoms with Crippen molar-refractivity contribution in [2.75, 3.05) is 6.61 Å². The number of aryl methyl sites for hydroxylation is 1. The summed E-state index contributed by atoms with van der Waals surface area (Å²) in [6, 6.07) is 0. The van der Waals surface area contributed by atoms with Crippen molar-refractivity contribution < 1.29 is 4.74 Å². The molecule has 0 bridgehead atoms. The number of rotatable bonds is 2. The highest BCUT2D eigenvalue weighted by atomic mass is 35.5. The molecule has 0 radical (unpaired) electrons. The second-order valence-corrected chi connectivity index (χ2v) is 3.07. The van der Waals surface area contributed by atoms with Crippen LogP contribution >= 0.6 is 11.6 Å². The molecule has 0 amide bonds. The van der Waals surface area contributed by atoms with Gasteiger partial charge in [0, 0.05) is 7.05 Å². The molecule has 2 aromatic heterocycles. The summed E-state index contributed by atoms with van der Waals surface area (Å²) in [5, 5.41) is 5.00. The molecule has 2 heterocycles. The van der Waals surface area contributed by atoms with Gasteiger partial charge in [0.25, 0.3) is 0 Å². The summed E-state index contributed by atoms with van der Waals surface area (Å²) in [5.41, 5.74) is 0.674. The minimum atomic E-state index is 0.171. The Kier molecular flexibility index (Phi) is 2.25. The van der Waals surface area contributed by atoms with E-state index in [-0.39, 0.29) is 5.28 Å². The molecular formula is C8H9ClN4O. The highest BCUT2D eigenvalue weighted by Gasteiger charge is 2.10. The Balaban J connectivity index is 2.68. The summed E-state index contributed by atoms with van der Waals surface area (Å²) in [6.07, 6.45) is 1.66. The molecule has 6 heteroatoms. The van der Waals surface area contributed by atoms with Gasteiger partial charge in [-0.25, -0.2) is 0 Å². The zero-order chi connectivity index (χ0) is 10.1. The molecule has 0 aliphatic rings. The standard InChI is InChI=1S/C8H9ClN4O/c1-3-14-7-5-4-10-13(2)6(5)11-8(9)12-7/h4H,3H2,1-2H3. The minimum Gasteiger partial charge on any atom is -0.477 e. The Bertz CT molecular complexity index is 468. The normalized spacial score (nSPS) is 10.8. The molecule has 0 atom stereocenters. The van der Waals surface area contributed by atoms with E-state index >= 15 is 0 Å². The van der Waals surface area contributed by atoms with Gasteiger partial charge in [0.05, 0.1) is 12.8 Å². The van der Waals surface area contributed by atoms with E-state index in [2.05, 4.69) is 15.1 Å². The van der Waals surface area contributed by atoms with Gasteiger partial charge in [0.1, 0.15) is 5.39 Å². The predicted octanol–water partition coefficient (Wildman–Crippen LogP) is 1.42. The van der Waals surface area contributed by atoms with E-state index < -0.39 is 0 Å². The van der Waals surface area contributed by atoms with Crippen LogP contribution in [0.1, 0.15) is 6.92 Å². The molecule has 14 heavy (non-hydrogen) atoms. The quantitative estimate of drug-likeness (QED) is 0.707. The summed E-state index contributed by atoms with van der Waals surface area (Å²) in [7, 11) is 1.79. The summed E-state index contributed by atoms with van der Waals surface area (Å²) in [5.74, 6) is 0.482. The molecular weight excluding hydrogens is 204 g/mol. The van der Waals surface area contributed by atoms with E-state index in [1.54, 1.807) is 17.9 Å². The van der Waals surface area contributed by atoms with Crippen molar-refractivity contribution in [1.29, 1.82) is 0 Å². The van der Waals surface area contributed by atoms with E-state index in [4.69, 9.17) is 16.3 Å². The number of aromatic nitrogens is 4. The van der Waals surface area contributed by atoms with Gasteiger partial charge in [-0.3, -0.25) is 4.68 Å². The van der Waals surface area contributed by atoms with Crippen molar-refractivity contribution in [3.05, 3.63) is 11.5 Å². The summed E-state index contributed by atoms with van der Waals surface area (Å²) < 4.78 is 6.95. The number of hydrogen-bond donors (Lipinski definition) is 0. The van der Waals surface area contributed by atoms with Crippen LogP contribution in [0, 0.1) is 0 Å². The lowest BCUT2D eigenvalue weighted by atomic mass is 10.4. The molecule has 0 spiro atoms. The van der Waals surface area contributed by atoms with Gasteiger partial charge in [-0.2, -0.15) is 15.1 Å². The maximum Gasteiger partial charge on any atom is 0.229 e. The smallest absolute Gasteiger partial charge is 0.229 e. The van der Waals surface area contributed by atoms with Crippen molar-refractivity contribution in [3.8, 4) is 5.88 Å². The highest BCUT2D eigenvalue weighted by Crippen LogP contribution is 2.22. The zero-order valence-corrected chi connectivity index (χ0v) is 8.62. The number of fused-ring (bicyclic) bond motifs is 1. The molecule has 2 aromatic rings. The van der Waals surface area contributed by atoms with Crippen LogP contribution < -0.4 is 4.74 Å². The lowest BCUT2D eigenvalue weighted by Gasteiger charge is -2.02. The highest BCUT2D eigenvalue weighted by molar-refractivity contribution is 6.28. The predicted molar refractivity (Wildman–Crippen MR) is 52.5 cm³/mol. The fraction of sp³-hybridized carbons (Fsp3) is 0.375. The lowest BCUT2D eigenvalue weighted by molar-refractivity contribution is 0.331. The van der Waals surface area contributed by atoms with Crippen LogP contribution in [0.25, 0.3) is 11.0 Å². The third-order valence-corrected chi connectivity index (χ3v) is 1.98. The average molecular weight is 213 g/mol. The zero-order valence-electron chi connectivity index (χ0n) is 7.86. The Morgan fingerprint density at radius 1 is 1.50 bits per heavy atom. The molecule has 0 fully saturated rings. The molecule has 0 N–H and O–H groups in total. The summed E-state index contributed by atoms with van der Waals surface area (Å²) in [6.45, 7) is 2.43. The number of hydrogen-bond acceptors (Lipinski definition) is 4. The maximum atomic E-state index is 5.75. The van der Waals surface area contributed by atoms with Gasteiger partial charge in [-0.05, 0) is 18.5 Å². The Hall–Kier alpha value is -1.36. The van der Waals surface area contributed by atoms with Crippen LogP contribution in [0.5, 0.6) is 5.88 Å². The minimum absolute atomic E-state index is 0.171. The first-order valence-corrected chi connectivity index (χ1v) is 4.58. The van der Waals surface area contributed by atoms with Gasteiger partial charge in [0.2, 0.25) is 11.2 Å². The van der Waals surface area contributed by atoms with E-state index in [9.17, 15) is 0 Å². The van der Waals surface area contributed by atoms with E-state index in [1.165, 1.54) is 0 Å². The second kappa shape index (κ2) is 3.42. The van der Waals surface area contributed by atoms with Crippen LogP contribution in [0.4, 0.5) is 0 Å². The van der Waals surface area contributed by atoms with Gasteiger partial charge in [0.15, 0.2) is 5.65 Å². The second-order valence-electron chi connectivity index (χ2n) is 2.74. The third kappa shape index (κ3) is 1.39. The molecule has 5 nitrogen and oxygen atoms in total. The van der Waals surface area contributed by atoms with Crippen LogP contribution in [-0.4, -0.2) is 26.4 Å². The first-order chi connectivity index (χ1) is 6.72. The van der Waals surface area contributed by atoms with Gasteiger partial charge >= 0.3 is 0 Å². The van der Waals surface area contributed by atoms with Crippen molar-refractivity contribution >= 4 is 22.6 Å². The maximum absolute atomic E-state index is 5.75. The van der Waals surface area contributed by atoms with Crippen molar-refractivity contribution in [1.82, 2.24) is 19.7 Å². The largest absolute Gasteiger partial charge is 0.477 e. The first kappa shape index (κ1) is 9.21. The number of halogens is 1. The fourth-order valence-corrected chi connectivity index (χ4v) is 1.37. The van der Waals surface area contributed by atoms with Gasteiger partial charge in [-0.15, -0.1) is 0 Å². The molecule has 74 valence electrons. The monoisotopic (exact) mass is 212 g/mol. The molecule has 0 saturated heterocycles. The summed E-state index contributed by atoms with van der Waals surface area (Å²) in [4.78, 5) is 8.04. The SMILES string of the molecule is CCOc1nc(Cl)nc2c1cnn2C. The van der Waals surface area contributed by atoms with Gasteiger partial charge in [-0.1, -0.05) is 0 Å². The molecule has 0 aliphatic heterocycles.